The second kappa shape index (κ2) is 7.50. The van der Waals surface area contributed by atoms with Crippen LogP contribution in [0.25, 0.3) is 0 Å². The van der Waals surface area contributed by atoms with Gasteiger partial charge in [0.2, 0.25) is 5.91 Å². The lowest BCUT2D eigenvalue weighted by molar-refractivity contribution is -0.117. The van der Waals surface area contributed by atoms with E-state index in [0.29, 0.717) is 0 Å². The topological polar surface area (TPSA) is 75.4 Å². The van der Waals surface area contributed by atoms with E-state index in [1.807, 2.05) is 0 Å². The second-order valence-corrected chi connectivity index (χ2v) is 2.43. The molecule has 1 amide bonds. The number of rotatable bonds is 7. The van der Waals surface area contributed by atoms with Crippen molar-refractivity contribution in [2.45, 2.75) is 19.3 Å². The van der Waals surface area contributed by atoms with Gasteiger partial charge in [-0.15, -0.1) is 0 Å². The van der Waals surface area contributed by atoms with Gasteiger partial charge in [0.15, 0.2) is 0 Å². The molecule has 0 saturated carbocycles. The number of aliphatic hydroxyl groups excluding tert-OH is 1. The molecule has 0 unspecified atom stereocenters. The second-order valence-electron chi connectivity index (χ2n) is 2.43. The van der Waals surface area contributed by atoms with Crippen molar-refractivity contribution in [3.05, 3.63) is 0 Å². The van der Waals surface area contributed by atoms with Crippen LogP contribution in [0.15, 0.2) is 0 Å². The number of hydrogen-bond donors (Lipinski definition) is 3. The number of unbranched alkanes of at least 4 members (excludes halogenated alkanes) is 2. The van der Waals surface area contributed by atoms with Gasteiger partial charge in [0.25, 0.3) is 0 Å². The molecule has 0 spiro atoms. The summed E-state index contributed by atoms with van der Waals surface area (Å²) >= 11 is 0. The monoisotopic (exact) mass is 160 g/mol. The summed E-state index contributed by atoms with van der Waals surface area (Å²) in [5.74, 6) is -0.327. The van der Waals surface area contributed by atoms with Crippen molar-refractivity contribution in [3.63, 3.8) is 0 Å². The van der Waals surface area contributed by atoms with Crippen molar-refractivity contribution in [2.24, 2.45) is 5.73 Å². The molecule has 0 aromatic heterocycles. The van der Waals surface area contributed by atoms with Crippen LogP contribution in [0.3, 0.4) is 0 Å². The molecule has 0 rings (SSSR count). The van der Waals surface area contributed by atoms with Crippen LogP contribution >= 0.6 is 0 Å². The number of carbonyl (C=O) groups is 1. The van der Waals surface area contributed by atoms with Gasteiger partial charge in [-0.2, -0.15) is 0 Å². The van der Waals surface area contributed by atoms with Gasteiger partial charge in [-0.1, -0.05) is 0 Å². The maximum atomic E-state index is 10.2. The summed E-state index contributed by atoms with van der Waals surface area (Å²) in [6.45, 7) is 1.29. The Kier molecular flexibility index (Phi) is 7.08. The van der Waals surface area contributed by atoms with Crippen molar-refractivity contribution in [1.82, 2.24) is 5.32 Å². The largest absolute Gasteiger partial charge is 0.396 e. The van der Waals surface area contributed by atoms with Gasteiger partial charge in [-0.3, -0.25) is 4.79 Å². The van der Waals surface area contributed by atoms with Crippen LogP contribution in [-0.4, -0.2) is 30.7 Å². The summed E-state index contributed by atoms with van der Waals surface area (Å²) in [4.78, 5) is 10.2. The Morgan fingerprint density at radius 1 is 1.36 bits per heavy atom. The van der Waals surface area contributed by atoms with Crippen molar-refractivity contribution in [2.75, 3.05) is 19.7 Å². The number of nitrogens with two attached hydrogens (primary N) is 1. The first kappa shape index (κ1) is 10.4. The molecule has 0 fully saturated rings. The number of carbonyl (C=O) groups excluding carboxylic acids is 1. The van der Waals surface area contributed by atoms with Crippen LogP contribution in [0, 0.1) is 0 Å². The first-order valence-corrected chi connectivity index (χ1v) is 3.87. The van der Waals surface area contributed by atoms with E-state index in [1.165, 1.54) is 0 Å². The third kappa shape index (κ3) is 9.39. The Morgan fingerprint density at radius 2 is 2.09 bits per heavy atom. The third-order valence-electron chi connectivity index (χ3n) is 1.31. The molecule has 4 N–H and O–H groups in total. The summed E-state index contributed by atoms with van der Waals surface area (Å²) in [7, 11) is 0. The number of amides is 1. The van der Waals surface area contributed by atoms with Gasteiger partial charge in [-0.25, -0.2) is 0 Å². The van der Waals surface area contributed by atoms with Crippen LogP contribution in [0.5, 0.6) is 0 Å². The molecule has 0 aliphatic heterocycles. The van der Waals surface area contributed by atoms with Gasteiger partial charge < -0.3 is 16.2 Å². The Morgan fingerprint density at radius 3 is 2.64 bits per heavy atom. The lowest BCUT2D eigenvalue weighted by atomic mass is 10.2. The molecule has 0 saturated heterocycles. The summed E-state index contributed by atoms with van der Waals surface area (Å²) in [5.41, 5.74) is 4.89. The van der Waals surface area contributed by atoms with Gasteiger partial charge in [0, 0.05) is 6.61 Å². The molecule has 0 aromatic rings. The zero-order valence-electron chi connectivity index (χ0n) is 6.68. The summed E-state index contributed by atoms with van der Waals surface area (Å²) in [6, 6.07) is 0. The van der Waals surface area contributed by atoms with E-state index < -0.39 is 0 Å². The average Bonchev–Trinajstić information content (AvgIpc) is 1.96. The molecular formula is C7H16N2O2. The van der Waals surface area contributed by atoms with E-state index in [1.54, 1.807) is 0 Å². The molecule has 11 heavy (non-hydrogen) atoms. The molecule has 66 valence electrons. The van der Waals surface area contributed by atoms with E-state index in [9.17, 15) is 4.79 Å². The molecule has 0 aliphatic rings. The summed E-state index contributed by atoms with van der Waals surface area (Å²) in [5, 5.41) is 11.3. The van der Waals surface area contributed by atoms with Gasteiger partial charge in [0.05, 0.1) is 6.54 Å². The van der Waals surface area contributed by atoms with Crippen molar-refractivity contribution in [1.29, 1.82) is 0 Å². The highest BCUT2D eigenvalue weighted by Crippen LogP contribution is 1.91. The smallest absolute Gasteiger partial charge is 0.231 e. The van der Waals surface area contributed by atoms with Crippen LogP contribution in [-0.2, 0) is 4.79 Å². The maximum Gasteiger partial charge on any atom is 0.231 e. The van der Waals surface area contributed by atoms with E-state index in [2.05, 4.69) is 5.32 Å². The fourth-order valence-electron chi connectivity index (χ4n) is 0.750. The van der Waals surface area contributed by atoms with E-state index in [0.717, 1.165) is 25.8 Å². The lowest BCUT2D eigenvalue weighted by Gasteiger charge is -2.00. The zero-order chi connectivity index (χ0) is 8.53. The molecule has 0 bridgehead atoms. The fourth-order valence-corrected chi connectivity index (χ4v) is 0.750. The van der Waals surface area contributed by atoms with Crippen LogP contribution in [0.2, 0.25) is 0 Å². The molecular weight excluding hydrogens is 144 g/mol. The predicted octanol–water partition coefficient (Wildman–Crippen LogP) is -0.776. The third-order valence-corrected chi connectivity index (χ3v) is 1.31. The first-order valence-electron chi connectivity index (χ1n) is 3.87. The molecule has 0 aromatic carbocycles. The van der Waals surface area contributed by atoms with Crippen LogP contribution in [0.1, 0.15) is 19.3 Å². The number of aliphatic hydroxyl groups is 1. The highest BCUT2D eigenvalue weighted by molar-refractivity contribution is 5.75. The van der Waals surface area contributed by atoms with E-state index >= 15 is 0 Å². The molecule has 0 aliphatic carbocycles. The SMILES string of the molecule is NC(=O)CNCCCCCO. The van der Waals surface area contributed by atoms with Crippen LogP contribution < -0.4 is 11.1 Å². The normalized spacial score (nSPS) is 9.91. The Hall–Kier alpha value is -0.610. The van der Waals surface area contributed by atoms with Crippen molar-refractivity contribution >= 4 is 5.91 Å². The summed E-state index contributed by atoms with van der Waals surface area (Å²) < 4.78 is 0. The van der Waals surface area contributed by atoms with Crippen molar-refractivity contribution < 1.29 is 9.90 Å². The number of primary amides is 1. The Balaban J connectivity index is 2.85. The minimum atomic E-state index is -0.327. The Labute approximate surface area is 66.8 Å². The maximum absolute atomic E-state index is 10.2. The number of nitrogens with one attached hydrogen (secondary N) is 1. The highest BCUT2D eigenvalue weighted by atomic mass is 16.2. The summed E-state index contributed by atoms with van der Waals surface area (Å²) in [6.07, 6.45) is 2.80. The fraction of sp³-hybridized carbons (Fsp3) is 0.857. The molecule has 4 nitrogen and oxygen atoms in total. The van der Waals surface area contributed by atoms with Gasteiger partial charge in [0.1, 0.15) is 0 Å². The Bertz CT molecular complexity index is 107. The predicted molar refractivity (Wildman–Crippen MR) is 43.0 cm³/mol. The highest BCUT2D eigenvalue weighted by Gasteiger charge is 1.91. The van der Waals surface area contributed by atoms with E-state index in [-0.39, 0.29) is 19.1 Å². The average molecular weight is 160 g/mol. The molecule has 0 radical (unpaired) electrons. The standard InChI is InChI=1S/C7H16N2O2/c8-7(11)6-9-4-2-1-3-5-10/h9-10H,1-6H2,(H2,8,11). The molecule has 0 atom stereocenters. The van der Waals surface area contributed by atoms with Gasteiger partial charge in [-0.05, 0) is 25.8 Å². The first-order chi connectivity index (χ1) is 5.27. The molecule has 4 heteroatoms. The zero-order valence-corrected chi connectivity index (χ0v) is 6.68. The van der Waals surface area contributed by atoms with Crippen molar-refractivity contribution in [3.8, 4) is 0 Å². The minimum Gasteiger partial charge on any atom is -0.396 e. The minimum absolute atomic E-state index is 0.246. The van der Waals surface area contributed by atoms with Gasteiger partial charge >= 0.3 is 0 Å². The quantitative estimate of drug-likeness (QED) is 0.428. The lowest BCUT2D eigenvalue weighted by Crippen LogP contribution is -2.29. The number of hydrogen-bond acceptors (Lipinski definition) is 3. The van der Waals surface area contributed by atoms with E-state index in [4.69, 9.17) is 10.8 Å². The van der Waals surface area contributed by atoms with Crippen LogP contribution in [0.4, 0.5) is 0 Å². The molecule has 0 heterocycles.